The molecule has 1 amide bonds. The SMILES string of the molecule is O=C(Nc1ccc(Cl)cc1Br)c1ccc(Cl)cc1F. The molecule has 0 unspecified atom stereocenters. The third-order valence-corrected chi connectivity index (χ3v) is 3.48. The lowest BCUT2D eigenvalue weighted by molar-refractivity contribution is 0.102. The Morgan fingerprint density at radius 2 is 1.74 bits per heavy atom. The second-order valence-electron chi connectivity index (χ2n) is 3.70. The summed E-state index contributed by atoms with van der Waals surface area (Å²) in [6, 6.07) is 8.76. The van der Waals surface area contributed by atoms with Crippen molar-refractivity contribution >= 4 is 50.7 Å². The number of nitrogens with one attached hydrogen (secondary N) is 1. The molecule has 2 aromatic carbocycles. The fraction of sp³-hybridized carbons (Fsp3) is 0. The van der Waals surface area contributed by atoms with Gasteiger partial charge in [0, 0.05) is 14.5 Å². The monoisotopic (exact) mass is 361 g/mol. The first-order valence-corrected chi connectivity index (χ1v) is 6.74. The van der Waals surface area contributed by atoms with Crippen molar-refractivity contribution in [3.63, 3.8) is 0 Å². The van der Waals surface area contributed by atoms with Crippen LogP contribution in [0.2, 0.25) is 10.0 Å². The van der Waals surface area contributed by atoms with E-state index < -0.39 is 11.7 Å². The molecule has 0 radical (unpaired) electrons. The number of rotatable bonds is 2. The lowest BCUT2D eigenvalue weighted by Gasteiger charge is -2.08. The summed E-state index contributed by atoms with van der Waals surface area (Å²) in [5, 5.41) is 3.35. The molecule has 98 valence electrons. The fourth-order valence-corrected chi connectivity index (χ4v) is 2.39. The molecule has 0 aromatic heterocycles. The topological polar surface area (TPSA) is 29.1 Å². The quantitative estimate of drug-likeness (QED) is 0.786. The molecule has 1 N–H and O–H groups in total. The Balaban J connectivity index is 2.25. The first-order chi connectivity index (χ1) is 8.97. The van der Waals surface area contributed by atoms with Crippen molar-refractivity contribution in [3.8, 4) is 0 Å². The molecule has 2 nitrogen and oxygen atoms in total. The molecule has 0 aliphatic rings. The highest BCUT2D eigenvalue weighted by Crippen LogP contribution is 2.26. The summed E-state index contributed by atoms with van der Waals surface area (Å²) in [4.78, 5) is 11.9. The molecule has 19 heavy (non-hydrogen) atoms. The van der Waals surface area contributed by atoms with Gasteiger partial charge in [0.05, 0.1) is 11.3 Å². The highest BCUT2D eigenvalue weighted by atomic mass is 79.9. The summed E-state index contributed by atoms with van der Waals surface area (Å²) in [7, 11) is 0. The number of halogens is 4. The van der Waals surface area contributed by atoms with Crippen LogP contribution in [-0.2, 0) is 0 Å². The van der Waals surface area contributed by atoms with Crippen LogP contribution in [0, 0.1) is 5.82 Å². The Labute approximate surface area is 127 Å². The maximum absolute atomic E-state index is 13.6. The van der Waals surface area contributed by atoms with Gasteiger partial charge in [-0.3, -0.25) is 4.79 Å². The Bertz CT molecular complexity index is 649. The summed E-state index contributed by atoms with van der Waals surface area (Å²) in [6.45, 7) is 0. The first-order valence-electron chi connectivity index (χ1n) is 5.19. The molecule has 0 saturated heterocycles. The normalized spacial score (nSPS) is 10.3. The van der Waals surface area contributed by atoms with Gasteiger partial charge in [0.2, 0.25) is 0 Å². The number of anilines is 1. The van der Waals surface area contributed by atoms with Crippen LogP contribution in [0.25, 0.3) is 0 Å². The maximum Gasteiger partial charge on any atom is 0.258 e. The zero-order valence-electron chi connectivity index (χ0n) is 9.38. The van der Waals surface area contributed by atoms with E-state index in [9.17, 15) is 9.18 Å². The second kappa shape index (κ2) is 5.90. The van der Waals surface area contributed by atoms with Crippen LogP contribution < -0.4 is 5.32 Å². The molecule has 0 heterocycles. The molecule has 0 atom stereocenters. The molecular weight excluding hydrogens is 356 g/mol. The van der Waals surface area contributed by atoms with Crippen LogP contribution in [0.15, 0.2) is 40.9 Å². The van der Waals surface area contributed by atoms with E-state index in [-0.39, 0.29) is 10.6 Å². The van der Waals surface area contributed by atoms with E-state index >= 15 is 0 Å². The summed E-state index contributed by atoms with van der Waals surface area (Å²) >= 11 is 14.7. The van der Waals surface area contributed by atoms with E-state index in [4.69, 9.17) is 23.2 Å². The second-order valence-corrected chi connectivity index (χ2v) is 5.43. The molecule has 0 bridgehead atoms. The fourth-order valence-electron chi connectivity index (χ4n) is 1.45. The lowest BCUT2D eigenvalue weighted by atomic mass is 10.2. The summed E-state index contributed by atoms with van der Waals surface area (Å²) in [6.07, 6.45) is 0. The molecule has 2 rings (SSSR count). The number of benzene rings is 2. The van der Waals surface area contributed by atoms with Gasteiger partial charge in [-0.2, -0.15) is 0 Å². The largest absolute Gasteiger partial charge is 0.321 e. The van der Waals surface area contributed by atoms with Crippen LogP contribution in [0.4, 0.5) is 10.1 Å². The maximum atomic E-state index is 13.6. The number of hydrogen-bond acceptors (Lipinski definition) is 1. The van der Waals surface area contributed by atoms with Crippen LogP contribution in [0.3, 0.4) is 0 Å². The van der Waals surface area contributed by atoms with Crippen molar-refractivity contribution in [3.05, 3.63) is 62.3 Å². The Morgan fingerprint density at radius 3 is 2.37 bits per heavy atom. The number of hydrogen-bond donors (Lipinski definition) is 1. The van der Waals surface area contributed by atoms with Crippen molar-refractivity contribution in [2.75, 3.05) is 5.32 Å². The summed E-state index contributed by atoms with van der Waals surface area (Å²) < 4.78 is 14.2. The van der Waals surface area contributed by atoms with Gasteiger partial charge in [-0.25, -0.2) is 4.39 Å². The molecular formula is C13H7BrCl2FNO. The predicted molar refractivity (Wildman–Crippen MR) is 78.5 cm³/mol. The zero-order chi connectivity index (χ0) is 14.0. The van der Waals surface area contributed by atoms with E-state index in [1.54, 1.807) is 18.2 Å². The van der Waals surface area contributed by atoms with Gasteiger partial charge >= 0.3 is 0 Å². The third kappa shape index (κ3) is 3.47. The molecule has 2 aromatic rings. The minimum Gasteiger partial charge on any atom is -0.321 e. The van der Waals surface area contributed by atoms with Gasteiger partial charge in [-0.05, 0) is 52.3 Å². The standard InChI is InChI=1S/C13H7BrCl2FNO/c14-10-5-7(15)2-4-12(10)18-13(19)9-3-1-8(16)6-11(9)17/h1-6H,(H,18,19). The molecule has 0 aliphatic carbocycles. The van der Waals surface area contributed by atoms with E-state index in [0.29, 0.717) is 15.2 Å². The molecule has 6 heteroatoms. The van der Waals surface area contributed by atoms with Crippen LogP contribution in [0.5, 0.6) is 0 Å². The van der Waals surface area contributed by atoms with Gasteiger partial charge in [0.1, 0.15) is 5.82 Å². The van der Waals surface area contributed by atoms with Crippen LogP contribution in [-0.4, -0.2) is 5.91 Å². The third-order valence-electron chi connectivity index (χ3n) is 2.36. The van der Waals surface area contributed by atoms with Gasteiger partial charge in [0.15, 0.2) is 0 Å². The van der Waals surface area contributed by atoms with Crippen molar-refractivity contribution in [1.82, 2.24) is 0 Å². The predicted octanol–water partition coefficient (Wildman–Crippen LogP) is 5.15. The van der Waals surface area contributed by atoms with Crippen molar-refractivity contribution in [2.24, 2.45) is 0 Å². The smallest absolute Gasteiger partial charge is 0.258 e. The van der Waals surface area contributed by atoms with Gasteiger partial charge in [-0.1, -0.05) is 23.2 Å². The Kier molecular flexibility index (Phi) is 4.45. The lowest BCUT2D eigenvalue weighted by Crippen LogP contribution is -2.14. The molecule has 0 saturated carbocycles. The zero-order valence-corrected chi connectivity index (χ0v) is 12.5. The highest BCUT2D eigenvalue weighted by Gasteiger charge is 2.13. The van der Waals surface area contributed by atoms with E-state index in [0.717, 1.165) is 6.07 Å². The molecule has 0 aliphatic heterocycles. The average molecular weight is 363 g/mol. The minimum atomic E-state index is -0.671. The van der Waals surface area contributed by atoms with Gasteiger partial charge in [-0.15, -0.1) is 0 Å². The first kappa shape index (κ1) is 14.3. The van der Waals surface area contributed by atoms with Gasteiger partial charge < -0.3 is 5.32 Å². The number of carbonyl (C=O) groups excluding carboxylic acids is 1. The summed E-state index contributed by atoms with van der Waals surface area (Å²) in [5.41, 5.74) is 0.426. The van der Waals surface area contributed by atoms with E-state index in [1.807, 2.05) is 0 Å². The number of amides is 1. The van der Waals surface area contributed by atoms with Crippen molar-refractivity contribution < 1.29 is 9.18 Å². The van der Waals surface area contributed by atoms with Crippen molar-refractivity contribution in [1.29, 1.82) is 0 Å². The van der Waals surface area contributed by atoms with Crippen LogP contribution in [0.1, 0.15) is 10.4 Å². The van der Waals surface area contributed by atoms with Gasteiger partial charge in [0.25, 0.3) is 5.91 Å². The van der Waals surface area contributed by atoms with Crippen molar-refractivity contribution in [2.45, 2.75) is 0 Å². The molecule has 0 spiro atoms. The average Bonchev–Trinajstić information content (AvgIpc) is 2.32. The van der Waals surface area contributed by atoms with Crippen LogP contribution >= 0.6 is 39.1 Å². The minimum absolute atomic E-state index is 0.0775. The summed E-state index contributed by atoms with van der Waals surface area (Å²) in [5.74, 6) is -1.23. The number of carbonyl (C=O) groups is 1. The highest BCUT2D eigenvalue weighted by molar-refractivity contribution is 9.10. The van der Waals surface area contributed by atoms with E-state index in [2.05, 4.69) is 21.2 Å². The molecule has 0 fully saturated rings. The van der Waals surface area contributed by atoms with E-state index in [1.165, 1.54) is 12.1 Å². The Hall–Kier alpha value is -1.10. The Morgan fingerprint density at radius 1 is 1.11 bits per heavy atom.